The van der Waals surface area contributed by atoms with Crippen molar-refractivity contribution in [2.45, 2.75) is 0 Å². The van der Waals surface area contributed by atoms with Gasteiger partial charge in [0.05, 0.1) is 39.1 Å². The van der Waals surface area contributed by atoms with Gasteiger partial charge in [0.15, 0.2) is 0 Å². The summed E-state index contributed by atoms with van der Waals surface area (Å²) >= 11 is 1.65. The summed E-state index contributed by atoms with van der Waals surface area (Å²) in [5.74, 6) is -0.339. The highest BCUT2D eigenvalue weighted by molar-refractivity contribution is 7.21. The molecular weight excluding hydrogens is 348 g/mol. The molecule has 128 valence electrons. The second-order valence-electron chi connectivity index (χ2n) is 5.64. The van der Waals surface area contributed by atoms with Gasteiger partial charge < -0.3 is 9.84 Å². The summed E-state index contributed by atoms with van der Waals surface area (Å²) in [5, 5.41) is 9.67. The summed E-state index contributed by atoms with van der Waals surface area (Å²) in [6, 6.07) is 18.2. The fraction of sp³-hybridized carbons (Fsp3) is 0.0500. The van der Waals surface area contributed by atoms with E-state index < -0.39 is 5.97 Å². The van der Waals surface area contributed by atoms with E-state index in [0.29, 0.717) is 16.8 Å². The van der Waals surface area contributed by atoms with Gasteiger partial charge in [-0.25, -0.2) is 14.8 Å². The number of carboxylic acid groups (broad SMARTS) is 1. The van der Waals surface area contributed by atoms with Crippen molar-refractivity contribution in [3.05, 3.63) is 71.6 Å². The Balaban J connectivity index is 1.89. The van der Waals surface area contributed by atoms with Gasteiger partial charge in [0.1, 0.15) is 11.1 Å². The highest BCUT2D eigenvalue weighted by Crippen LogP contribution is 2.31. The predicted molar refractivity (Wildman–Crippen MR) is 101 cm³/mol. The van der Waals surface area contributed by atoms with Crippen LogP contribution in [0.15, 0.2) is 65.7 Å². The minimum Gasteiger partial charge on any atom is -0.494 e. The van der Waals surface area contributed by atoms with Crippen LogP contribution in [0.1, 0.15) is 10.4 Å². The van der Waals surface area contributed by atoms with Gasteiger partial charge in [-0.05, 0) is 42.5 Å². The van der Waals surface area contributed by atoms with E-state index >= 15 is 0 Å². The third-order valence-corrected chi connectivity index (χ3v) is 5.06. The van der Waals surface area contributed by atoms with Gasteiger partial charge in [0, 0.05) is 6.07 Å². The van der Waals surface area contributed by atoms with Crippen molar-refractivity contribution in [1.82, 2.24) is 4.98 Å². The number of ether oxygens (including phenoxy) is 1. The molecule has 1 heterocycles. The number of aromatic nitrogens is 1. The monoisotopic (exact) mass is 362 g/mol. The summed E-state index contributed by atoms with van der Waals surface area (Å²) < 4.78 is 6.58. The lowest BCUT2D eigenvalue weighted by Crippen LogP contribution is -2.07. The Morgan fingerprint density at radius 1 is 1.12 bits per heavy atom. The topological polar surface area (TPSA) is 71.8 Å². The molecule has 6 heteroatoms. The van der Waals surface area contributed by atoms with E-state index in [4.69, 9.17) is 9.84 Å². The largest absolute Gasteiger partial charge is 0.494 e. The van der Waals surface area contributed by atoms with E-state index in [1.165, 1.54) is 12.1 Å². The Bertz CT molecular complexity index is 1150. The lowest BCUT2D eigenvalue weighted by molar-refractivity contribution is 0.0697. The molecule has 2 aliphatic rings. The average molecular weight is 362 g/mol. The molecule has 4 rings (SSSR count). The lowest BCUT2D eigenvalue weighted by Gasteiger charge is -2.09. The third-order valence-electron chi connectivity index (χ3n) is 3.95. The highest BCUT2D eigenvalue weighted by Gasteiger charge is 2.11. The molecule has 0 atom stereocenters. The maximum Gasteiger partial charge on any atom is 0.335 e. The minimum atomic E-state index is -0.959. The number of carboxylic acids is 1. The van der Waals surface area contributed by atoms with Crippen molar-refractivity contribution in [3.8, 4) is 16.3 Å². The van der Waals surface area contributed by atoms with Gasteiger partial charge in [-0.1, -0.05) is 12.1 Å². The van der Waals surface area contributed by atoms with E-state index in [1.807, 2.05) is 36.4 Å². The van der Waals surface area contributed by atoms with E-state index in [0.717, 1.165) is 20.8 Å². The molecule has 2 aromatic carbocycles. The standard InChI is InChI=1S/C20H14N2O3S/c1-25-17-10-16-19(26-18-5-3-2-4-14(18)22-16)11-15(17)21-13-8-6-12(7-9-13)20(23)24/h2-11H,1H3,(H,23,24). The molecule has 5 nitrogen and oxygen atoms in total. The first kappa shape index (κ1) is 16.2. The van der Waals surface area contributed by atoms with Gasteiger partial charge in [-0.2, -0.15) is 0 Å². The Kier molecular flexibility index (Phi) is 4.10. The zero-order valence-corrected chi connectivity index (χ0v) is 14.7. The number of hydrogen-bond acceptors (Lipinski definition) is 5. The second-order valence-corrected chi connectivity index (χ2v) is 6.72. The van der Waals surface area contributed by atoms with Gasteiger partial charge in [-0.15, -0.1) is 11.3 Å². The molecule has 0 unspecified atom stereocenters. The van der Waals surface area contributed by atoms with Gasteiger partial charge >= 0.3 is 5.97 Å². The normalized spacial score (nSPS) is 11.8. The van der Waals surface area contributed by atoms with Crippen LogP contribution >= 0.6 is 11.3 Å². The fourth-order valence-electron chi connectivity index (χ4n) is 2.66. The number of nitrogens with zero attached hydrogens (tertiary/aromatic N) is 2. The zero-order valence-electron chi connectivity index (χ0n) is 13.8. The summed E-state index contributed by atoms with van der Waals surface area (Å²) in [6.45, 7) is 0. The number of hydrogen-bond donors (Lipinski definition) is 1. The van der Waals surface area contributed by atoms with Crippen molar-refractivity contribution in [1.29, 1.82) is 0 Å². The van der Waals surface area contributed by atoms with Crippen LogP contribution in [-0.4, -0.2) is 23.2 Å². The van der Waals surface area contributed by atoms with E-state index in [9.17, 15) is 4.79 Å². The van der Waals surface area contributed by atoms with E-state index in [2.05, 4.69) is 9.98 Å². The molecule has 0 saturated heterocycles. The zero-order chi connectivity index (χ0) is 18.1. The minimum absolute atomic E-state index is 0.229. The number of rotatable bonds is 3. The van der Waals surface area contributed by atoms with Crippen LogP contribution in [-0.2, 0) is 0 Å². The SMILES string of the molecule is COc1cc2nc3ccccc3sc-2cc1=Nc1ccc(C(=O)O)cc1. The number of carbonyl (C=O) groups is 1. The molecule has 0 radical (unpaired) electrons. The Labute approximate surface area is 153 Å². The smallest absolute Gasteiger partial charge is 0.335 e. The molecule has 2 aromatic rings. The molecule has 0 amide bonds. The number of para-hydroxylation sites is 1. The van der Waals surface area contributed by atoms with Crippen molar-refractivity contribution >= 4 is 33.2 Å². The third kappa shape index (κ3) is 3.02. The highest BCUT2D eigenvalue weighted by atomic mass is 32.1. The van der Waals surface area contributed by atoms with Crippen LogP contribution in [0, 0.1) is 0 Å². The van der Waals surface area contributed by atoms with Crippen LogP contribution in [0.5, 0.6) is 5.75 Å². The summed E-state index contributed by atoms with van der Waals surface area (Å²) in [5.41, 5.74) is 2.69. The van der Waals surface area contributed by atoms with Crippen molar-refractivity contribution < 1.29 is 14.6 Å². The molecule has 1 aliphatic carbocycles. The molecule has 0 spiro atoms. The van der Waals surface area contributed by atoms with Gasteiger partial charge in [0.25, 0.3) is 0 Å². The van der Waals surface area contributed by atoms with Crippen LogP contribution in [0.3, 0.4) is 0 Å². The Morgan fingerprint density at radius 3 is 2.62 bits per heavy atom. The Hall–Kier alpha value is -3.25. The van der Waals surface area contributed by atoms with Gasteiger partial charge in [-0.3, -0.25) is 0 Å². The second kappa shape index (κ2) is 6.57. The number of benzene rings is 3. The summed E-state index contributed by atoms with van der Waals surface area (Å²) in [4.78, 5) is 21.3. The number of aromatic carboxylic acids is 1. The number of methoxy groups -OCH3 is 1. The quantitative estimate of drug-likeness (QED) is 0.550. The molecule has 26 heavy (non-hydrogen) atoms. The molecule has 1 N–H and O–H groups in total. The first-order valence-corrected chi connectivity index (χ1v) is 8.71. The Morgan fingerprint density at radius 2 is 1.88 bits per heavy atom. The molecule has 0 saturated carbocycles. The van der Waals surface area contributed by atoms with Crippen LogP contribution in [0.4, 0.5) is 5.69 Å². The summed E-state index contributed by atoms with van der Waals surface area (Å²) in [6.07, 6.45) is 0. The average Bonchev–Trinajstić information content (AvgIpc) is 2.66. The van der Waals surface area contributed by atoms with Crippen molar-refractivity contribution in [2.24, 2.45) is 4.99 Å². The first-order chi connectivity index (χ1) is 12.6. The molecule has 0 fully saturated rings. The van der Waals surface area contributed by atoms with E-state index in [-0.39, 0.29) is 5.56 Å². The number of fused-ring (bicyclic) bond motifs is 2. The van der Waals surface area contributed by atoms with Crippen LogP contribution in [0.25, 0.3) is 20.8 Å². The van der Waals surface area contributed by atoms with Crippen LogP contribution in [0.2, 0.25) is 0 Å². The molecule has 0 aromatic heterocycles. The van der Waals surface area contributed by atoms with Crippen molar-refractivity contribution in [3.63, 3.8) is 0 Å². The molecule has 0 bridgehead atoms. The van der Waals surface area contributed by atoms with Gasteiger partial charge in [0.2, 0.25) is 0 Å². The lowest BCUT2D eigenvalue weighted by atomic mass is 10.2. The summed E-state index contributed by atoms with van der Waals surface area (Å²) in [7, 11) is 1.60. The maximum atomic E-state index is 11.0. The first-order valence-electron chi connectivity index (χ1n) is 7.90. The fourth-order valence-corrected chi connectivity index (χ4v) is 3.64. The van der Waals surface area contributed by atoms with E-state index in [1.54, 1.807) is 30.6 Å². The molecule has 1 aliphatic heterocycles. The predicted octanol–water partition coefficient (Wildman–Crippen LogP) is 4.34. The maximum absolute atomic E-state index is 11.0. The van der Waals surface area contributed by atoms with Crippen LogP contribution < -0.4 is 10.1 Å². The molecular formula is C20H14N2O3S. The van der Waals surface area contributed by atoms with Crippen molar-refractivity contribution in [2.75, 3.05) is 7.11 Å².